The Kier molecular flexibility index (Phi) is 5.73. The van der Waals surface area contributed by atoms with Crippen LogP contribution >= 0.6 is 15.9 Å². The summed E-state index contributed by atoms with van der Waals surface area (Å²) in [6.45, 7) is 1.90. The Balaban J connectivity index is 1.71. The molecule has 0 spiro atoms. The molecule has 3 aromatic rings. The SMILES string of the molecule is CCC(Oc1ccc2ccccc2c1Br)C(=O)N/N=C/c1cccn1C. The van der Waals surface area contributed by atoms with Gasteiger partial charge < -0.3 is 9.30 Å². The Morgan fingerprint density at radius 1 is 1.27 bits per heavy atom. The van der Waals surface area contributed by atoms with Gasteiger partial charge in [0.05, 0.1) is 16.4 Å². The van der Waals surface area contributed by atoms with Crippen LogP contribution in [0, 0.1) is 0 Å². The third-order valence-electron chi connectivity index (χ3n) is 4.12. The van der Waals surface area contributed by atoms with E-state index >= 15 is 0 Å². The Bertz CT molecular complexity index is 949. The van der Waals surface area contributed by atoms with Crippen LogP contribution in [0.4, 0.5) is 0 Å². The summed E-state index contributed by atoms with van der Waals surface area (Å²) in [4.78, 5) is 12.4. The zero-order chi connectivity index (χ0) is 18.5. The summed E-state index contributed by atoms with van der Waals surface area (Å²) in [5, 5.41) is 6.17. The van der Waals surface area contributed by atoms with Crippen LogP contribution in [0.5, 0.6) is 5.75 Å². The Labute approximate surface area is 160 Å². The fraction of sp³-hybridized carbons (Fsp3) is 0.200. The van der Waals surface area contributed by atoms with E-state index in [4.69, 9.17) is 4.74 Å². The molecule has 0 fully saturated rings. The second-order valence-electron chi connectivity index (χ2n) is 5.89. The maximum Gasteiger partial charge on any atom is 0.281 e. The second kappa shape index (κ2) is 8.19. The fourth-order valence-electron chi connectivity index (χ4n) is 2.62. The number of hydrogen-bond acceptors (Lipinski definition) is 3. The number of hydrazone groups is 1. The molecule has 134 valence electrons. The Morgan fingerprint density at radius 3 is 2.81 bits per heavy atom. The zero-order valence-electron chi connectivity index (χ0n) is 14.6. The Hall–Kier alpha value is -2.60. The normalized spacial score (nSPS) is 12.4. The molecule has 5 nitrogen and oxygen atoms in total. The lowest BCUT2D eigenvalue weighted by Crippen LogP contribution is -2.35. The largest absolute Gasteiger partial charge is 0.479 e. The molecule has 1 atom stereocenters. The molecule has 0 aliphatic carbocycles. The summed E-state index contributed by atoms with van der Waals surface area (Å²) in [6, 6.07) is 15.7. The molecule has 1 N–H and O–H groups in total. The minimum atomic E-state index is -0.627. The van der Waals surface area contributed by atoms with Gasteiger partial charge in [0, 0.05) is 13.2 Å². The first kappa shape index (κ1) is 18.2. The van der Waals surface area contributed by atoms with Crippen molar-refractivity contribution in [2.24, 2.45) is 12.1 Å². The maximum atomic E-state index is 12.4. The number of nitrogens with zero attached hydrogens (tertiary/aromatic N) is 2. The predicted octanol–water partition coefficient (Wildman–Crippen LogP) is 4.25. The van der Waals surface area contributed by atoms with E-state index in [1.807, 2.05) is 73.3 Å². The molecule has 1 unspecified atom stereocenters. The molecular formula is C20H20BrN3O2. The number of benzene rings is 2. The van der Waals surface area contributed by atoms with Crippen molar-refractivity contribution >= 4 is 38.8 Å². The highest BCUT2D eigenvalue weighted by Gasteiger charge is 2.19. The number of rotatable bonds is 6. The zero-order valence-corrected chi connectivity index (χ0v) is 16.2. The first-order valence-electron chi connectivity index (χ1n) is 8.38. The van der Waals surface area contributed by atoms with Crippen molar-refractivity contribution < 1.29 is 9.53 Å². The van der Waals surface area contributed by atoms with E-state index in [1.54, 1.807) is 6.21 Å². The molecule has 0 saturated heterocycles. The number of amides is 1. The number of fused-ring (bicyclic) bond motifs is 1. The van der Waals surface area contributed by atoms with E-state index in [9.17, 15) is 4.79 Å². The van der Waals surface area contributed by atoms with Gasteiger partial charge in [0.15, 0.2) is 6.10 Å². The standard InChI is InChI=1S/C20H20BrN3O2/c1-3-17(20(25)23-22-13-15-8-6-12-24(15)2)26-18-11-10-14-7-4-5-9-16(14)19(18)21/h4-13,17H,3H2,1-2H3,(H,23,25)/b22-13+. The van der Waals surface area contributed by atoms with Crippen LogP contribution in [0.2, 0.25) is 0 Å². The number of nitrogens with one attached hydrogen (secondary N) is 1. The number of carbonyl (C=O) groups is 1. The van der Waals surface area contributed by atoms with E-state index in [-0.39, 0.29) is 5.91 Å². The van der Waals surface area contributed by atoms with Gasteiger partial charge in [-0.2, -0.15) is 5.10 Å². The van der Waals surface area contributed by atoms with Crippen LogP contribution < -0.4 is 10.2 Å². The topological polar surface area (TPSA) is 55.6 Å². The van der Waals surface area contributed by atoms with E-state index in [0.29, 0.717) is 12.2 Å². The van der Waals surface area contributed by atoms with Crippen molar-refractivity contribution in [1.82, 2.24) is 9.99 Å². The third-order valence-corrected chi connectivity index (χ3v) is 4.93. The van der Waals surface area contributed by atoms with Gasteiger partial charge in [-0.15, -0.1) is 0 Å². The molecule has 26 heavy (non-hydrogen) atoms. The minimum absolute atomic E-state index is 0.280. The van der Waals surface area contributed by atoms with Crippen molar-refractivity contribution in [3.63, 3.8) is 0 Å². The second-order valence-corrected chi connectivity index (χ2v) is 6.68. The molecule has 0 saturated carbocycles. The molecule has 0 bridgehead atoms. The molecule has 2 aromatic carbocycles. The van der Waals surface area contributed by atoms with Crippen LogP contribution in [0.3, 0.4) is 0 Å². The Morgan fingerprint density at radius 2 is 2.08 bits per heavy atom. The average Bonchev–Trinajstić information content (AvgIpc) is 3.06. The monoisotopic (exact) mass is 413 g/mol. The van der Waals surface area contributed by atoms with Gasteiger partial charge in [0.25, 0.3) is 5.91 Å². The highest BCUT2D eigenvalue weighted by Crippen LogP contribution is 2.33. The van der Waals surface area contributed by atoms with Gasteiger partial charge in [0.1, 0.15) is 5.75 Å². The van der Waals surface area contributed by atoms with Crippen LogP contribution in [-0.2, 0) is 11.8 Å². The molecule has 0 aliphatic heterocycles. The first-order chi connectivity index (χ1) is 12.6. The molecule has 3 rings (SSSR count). The van der Waals surface area contributed by atoms with Crippen LogP contribution in [0.25, 0.3) is 10.8 Å². The van der Waals surface area contributed by atoms with Crippen molar-refractivity contribution in [3.8, 4) is 5.75 Å². The van der Waals surface area contributed by atoms with Crippen molar-refractivity contribution in [2.45, 2.75) is 19.4 Å². The lowest BCUT2D eigenvalue weighted by molar-refractivity contribution is -0.128. The number of carbonyl (C=O) groups excluding carboxylic acids is 1. The van der Waals surface area contributed by atoms with Gasteiger partial charge in [0.2, 0.25) is 0 Å². The number of aromatic nitrogens is 1. The summed E-state index contributed by atoms with van der Waals surface area (Å²) in [7, 11) is 1.92. The molecule has 0 aliphatic rings. The smallest absolute Gasteiger partial charge is 0.281 e. The first-order valence-corrected chi connectivity index (χ1v) is 9.17. The van der Waals surface area contributed by atoms with E-state index in [0.717, 1.165) is 20.9 Å². The summed E-state index contributed by atoms with van der Waals surface area (Å²) >= 11 is 3.59. The molecular weight excluding hydrogens is 394 g/mol. The van der Waals surface area contributed by atoms with Gasteiger partial charge in [-0.3, -0.25) is 4.79 Å². The quantitative estimate of drug-likeness (QED) is 0.485. The molecule has 6 heteroatoms. The number of aryl methyl sites for hydroxylation is 1. The average molecular weight is 414 g/mol. The molecule has 1 amide bonds. The van der Waals surface area contributed by atoms with Gasteiger partial charge >= 0.3 is 0 Å². The summed E-state index contributed by atoms with van der Waals surface area (Å²) in [6.07, 6.45) is 3.43. The number of halogens is 1. The predicted molar refractivity (Wildman–Crippen MR) is 108 cm³/mol. The fourth-order valence-corrected chi connectivity index (χ4v) is 3.21. The molecule has 0 radical (unpaired) electrons. The van der Waals surface area contributed by atoms with Gasteiger partial charge in [-0.25, -0.2) is 5.43 Å². The lowest BCUT2D eigenvalue weighted by atomic mass is 10.1. The van der Waals surface area contributed by atoms with Crippen molar-refractivity contribution in [3.05, 3.63) is 64.9 Å². The molecule has 1 heterocycles. The van der Waals surface area contributed by atoms with Crippen molar-refractivity contribution in [2.75, 3.05) is 0 Å². The van der Waals surface area contributed by atoms with E-state index in [2.05, 4.69) is 26.5 Å². The van der Waals surface area contributed by atoms with E-state index < -0.39 is 6.10 Å². The molecule has 1 aromatic heterocycles. The maximum absolute atomic E-state index is 12.4. The van der Waals surface area contributed by atoms with Crippen molar-refractivity contribution in [1.29, 1.82) is 0 Å². The van der Waals surface area contributed by atoms with Crippen LogP contribution in [0.15, 0.2) is 64.3 Å². The summed E-state index contributed by atoms with van der Waals surface area (Å²) in [5.74, 6) is 0.357. The number of hydrogen-bond donors (Lipinski definition) is 1. The summed E-state index contributed by atoms with van der Waals surface area (Å²) in [5.41, 5.74) is 3.45. The minimum Gasteiger partial charge on any atom is -0.479 e. The highest BCUT2D eigenvalue weighted by atomic mass is 79.9. The third kappa shape index (κ3) is 3.96. The van der Waals surface area contributed by atoms with Gasteiger partial charge in [-0.1, -0.05) is 37.3 Å². The number of ether oxygens (including phenoxy) is 1. The van der Waals surface area contributed by atoms with Gasteiger partial charge in [-0.05, 0) is 51.3 Å². The lowest BCUT2D eigenvalue weighted by Gasteiger charge is -2.17. The summed E-state index contributed by atoms with van der Waals surface area (Å²) < 4.78 is 8.69. The van der Waals surface area contributed by atoms with Crippen LogP contribution in [-0.4, -0.2) is 22.8 Å². The van der Waals surface area contributed by atoms with E-state index in [1.165, 1.54) is 0 Å². The highest BCUT2D eigenvalue weighted by molar-refractivity contribution is 9.10. The van der Waals surface area contributed by atoms with Crippen LogP contribution in [0.1, 0.15) is 19.0 Å².